The van der Waals surface area contributed by atoms with Crippen LogP contribution in [0.5, 0.6) is 0 Å². The van der Waals surface area contributed by atoms with Crippen LogP contribution in [0, 0.1) is 0 Å². The van der Waals surface area contributed by atoms with Gasteiger partial charge in [-0.1, -0.05) is 0 Å². The van der Waals surface area contributed by atoms with Gasteiger partial charge in [-0.15, -0.1) is 0 Å². The third kappa shape index (κ3) is 3.37. The topological polar surface area (TPSA) is 32.8 Å². The van der Waals surface area contributed by atoms with Crippen LogP contribution >= 0.6 is 0 Å². The molecule has 0 aromatic carbocycles. The second-order valence-electron chi connectivity index (χ2n) is 3.79. The maximum absolute atomic E-state index is 11.2. The zero-order valence-corrected chi connectivity index (χ0v) is 8.72. The van der Waals surface area contributed by atoms with Crippen molar-refractivity contribution < 1.29 is 8.95 Å². The third-order valence-corrected chi connectivity index (χ3v) is 4.03. The van der Waals surface area contributed by atoms with Crippen molar-refractivity contribution in [3.63, 3.8) is 0 Å². The molecule has 0 N–H and O–H groups in total. The van der Waals surface area contributed by atoms with Gasteiger partial charge in [0.15, 0.2) is 0 Å². The molecular weight excluding hydrogens is 186 g/mol. The summed E-state index contributed by atoms with van der Waals surface area (Å²) in [5.74, 6) is 1.77. The van der Waals surface area contributed by atoms with Crippen LogP contribution in [0.25, 0.3) is 0 Å². The van der Waals surface area contributed by atoms with E-state index < -0.39 is 10.8 Å². The van der Waals surface area contributed by atoms with Gasteiger partial charge in [0, 0.05) is 35.4 Å². The van der Waals surface area contributed by atoms with E-state index in [9.17, 15) is 4.21 Å². The third-order valence-electron chi connectivity index (χ3n) is 2.65. The first-order valence-corrected chi connectivity index (χ1v) is 6.52. The second-order valence-corrected chi connectivity index (χ2v) is 5.48. The smallest absolute Gasteiger partial charge is 0.0822 e. The fourth-order valence-corrected chi connectivity index (χ4v) is 2.80. The molecule has 2 fully saturated rings. The predicted molar refractivity (Wildman–Crippen MR) is 53.3 cm³/mol. The standard InChI is InChI=1S/C9H17NO2S/c11-13-6-1-3-10(5-7-13)4-2-9-8-12-9/h9H,1-8H2. The van der Waals surface area contributed by atoms with E-state index in [1.54, 1.807) is 0 Å². The molecule has 2 unspecified atom stereocenters. The number of hydrogen-bond acceptors (Lipinski definition) is 3. The van der Waals surface area contributed by atoms with Crippen molar-refractivity contribution in [2.24, 2.45) is 0 Å². The molecule has 3 nitrogen and oxygen atoms in total. The molecule has 0 spiro atoms. The molecule has 2 atom stereocenters. The van der Waals surface area contributed by atoms with Crippen LogP contribution in [-0.4, -0.2) is 53.0 Å². The van der Waals surface area contributed by atoms with Crippen molar-refractivity contribution in [2.75, 3.05) is 37.7 Å². The molecule has 13 heavy (non-hydrogen) atoms. The Kier molecular flexibility index (Phi) is 3.35. The van der Waals surface area contributed by atoms with Crippen molar-refractivity contribution in [2.45, 2.75) is 18.9 Å². The molecule has 0 amide bonds. The van der Waals surface area contributed by atoms with E-state index in [4.69, 9.17) is 4.74 Å². The van der Waals surface area contributed by atoms with Crippen LogP contribution in [-0.2, 0) is 15.5 Å². The summed E-state index contributed by atoms with van der Waals surface area (Å²) in [4.78, 5) is 2.42. The molecule has 2 rings (SSSR count). The van der Waals surface area contributed by atoms with Crippen molar-refractivity contribution in [1.82, 2.24) is 4.90 Å². The highest BCUT2D eigenvalue weighted by atomic mass is 32.2. The van der Waals surface area contributed by atoms with Crippen molar-refractivity contribution >= 4 is 10.8 Å². The molecule has 0 saturated carbocycles. The summed E-state index contributed by atoms with van der Waals surface area (Å²) in [6.45, 7) is 4.22. The van der Waals surface area contributed by atoms with E-state index in [-0.39, 0.29) is 0 Å². The van der Waals surface area contributed by atoms with Crippen LogP contribution in [0.15, 0.2) is 0 Å². The maximum atomic E-state index is 11.2. The van der Waals surface area contributed by atoms with Gasteiger partial charge in [-0.25, -0.2) is 0 Å². The zero-order chi connectivity index (χ0) is 9.10. The lowest BCUT2D eigenvalue weighted by atomic mass is 10.3. The fraction of sp³-hybridized carbons (Fsp3) is 1.00. The van der Waals surface area contributed by atoms with E-state index in [1.165, 1.54) is 0 Å². The number of epoxide rings is 1. The maximum Gasteiger partial charge on any atom is 0.0822 e. The first kappa shape index (κ1) is 9.62. The van der Waals surface area contributed by atoms with Gasteiger partial charge in [0.2, 0.25) is 0 Å². The lowest BCUT2D eigenvalue weighted by Gasteiger charge is -2.18. The molecular formula is C9H17NO2S. The number of hydrogen-bond donors (Lipinski definition) is 0. The van der Waals surface area contributed by atoms with Crippen LogP contribution < -0.4 is 0 Å². The van der Waals surface area contributed by atoms with E-state index in [0.29, 0.717) is 6.10 Å². The molecule has 0 radical (unpaired) electrons. The molecule has 2 saturated heterocycles. The van der Waals surface area contributed by atoms with Crippen LogP contribution in [0.3, 0.4) is 0 Å². The van der Waals surface area contributed by atoms with Gasteiger partial charge in [-0.05, 0) is 19.4 Å². The lowest BCUT2D eigenvalue weighted by molar-refractivity contribution is 0.273. The van der Waals surface area contributed by atoms with Gasteiger partial charge in [-0.3, -0.25) is 4.21 Å². The Hall–Kier alpha value is 0.0700. The van der Waals surface area contributed by atoms with E-state index >= 15 is 0 Å². The Balaban J connectivity index is 1.68. The van der Waals surface area contributed by atoms with Gasteiger partial charge >= 0.3 is 0 Å². The average Bonchev–Trinajstić information content (AvgIpc) is 2.90. The minimum atomic E-state index is -0.550. The van der Waals surface area contributed by atoms with Crippen LogP contribution in [0.4, 0.5) is 0 Å². The Morgan fingerprint density at radius 3 is 3.00 bits per heavy atom. The molecule has 4 heteroatoms. The van der Waals surface area contributed by atoms with Crippen molar-refractivity contribution in [1.29, 1.82) is 0 Å². The van der Waals surface area contributed by atoms with Gasteiger partial charge < -0.3 is 9.64 Å². The minimum absolute atomic E-state index is 0.536. The molecule has 2 heterocycles. The average molecular weight is 203 g/mol. The molecule has 76 valence electrons. The Morgan fingerprint density at radius 2 is 2.23 bits per heavy atom. The Morgan fingerprint density at radius 1 is 1.38 bits per heavy atom. The normalized spacial score (nSPS) is 35.7. The van der Waals surface area contributed by atoms with Crippen molar-refractivity contribution in [3.05, 3.63) is 0 Å². The Bertz CT molecular complexity index is 194. The number of rotatable bonds is 3. The summed E-state index contributed by atoms with van der Waals surface area (Å²) in [5.41, 5.74) is 0. The van der Waals surface area contributed by atoms with Gasteiger partial charge in [0.05, 0.1) is 12.7 Å². The lowest BCUT2D eigenvalue weighted by Crippen LogP contribution is -2.28. The first-order valence-electron chi connectivity index (χ1n) is 5.03. The molecule has 2 aliphatic rings. The summed E-state index contributed by atoms with van der Waals surface area (Å²) < 4.78 is 16.4. The van der Waals surface area contributed by atoms with Crippen LogP contribution in [0.1, 0.15) is 12.8 Å². The molecule has 0 aromatic heterocycles. The van der Waals surface area contributed by atoms with Gasteiger partial charge in [0.25, 0.3) is 0 Å². The highest BCUT2D eigenvalue weighted by Gasteiger charge is 2.23. The number of nitrogens with zero attached hydrogens (tertiary/aromatic N) is 1. The van der Waals surface area contributed by atoms with Gasteiger partial charge in [-0.2, -0.15) is 0 Å². The molecule has 0 bridgehead atoms. The molecule has 0 aromatic rings. The molecule has 2 aliphatic heterocycles. The first-order chi connectivity index (χ1) is 6.34. The fourth-order valence-electron chi connectivity index (χ4n) is 1.68. The predicted octanol–water partition coefficient (Wildman–Crippen LogP) is 0.230. The monoisotopic (exact) mass is 203 g/mol. The zero-order valence-electron chi connectivity index (χ0n) is 7.91. The highest BCUT2D eigenvalue weighted by molar-refractivity contribution is 7.85. The Labute approximate surface area is 81.9 Å². The summed E-state index contributed by atoms with van der Waals surface area (Å²) in [6, 6.07) is 0. The SMILES string of the molecule is O=S1CCCN(CCC2CO2)CC1. The summed E-state index contributed by atoms with van der Waals surface area (Å²) in [5, 5.41) is 0. The largest absolute Gasteiger partial charge is 0.373 e. The quantitative estimate of drug-likeness (QED) is 0.616. The van der Waals surface area contributed by atoms with E-state index in [2.05, 4.69) is 4.90 Å². The second kappa shape index (κ2) is 4.53. The highest BCUT2D eigenvalue weighted by Crippen LogP contribution is 2.14. The summed E-state index contributed by atoms with van der Waals surface area (Å²) in [7, 11) is -0.550. The van der Waals surface area contributed by atoms with E-state index in [0.717, 1.165) is 50.6 Å². The summed E-state index contributed by atoms with van der Waals surface area (Å²) in [6.07, 6.45) is 2.79. The van der Waals surface area contributed by atoms with Gasteiger partial charge in [0.1, 0.15) is 0 Å². The van der Waals surface area contributed by atoms with Crippen LogP contribution in [0.2, 0.25) is 0 Å². The molecule has 0 aliphatic carbocycles. The van der Waals surface area contributed by atoms with Crippen molar-refractivity contribution in [3.8, 4) is 0 Å². The van der Waals surface area contributed by atoms with E-state index in [1.807, 2.05) is 0 Å². The number of ether oxygens (including phenoxy) is 1. The summed E-state index contributed by atoms with van der Waals surface area (Å²) >= 11 is 0. The minimum Gasteiger partial charge on any atom is -0.373 e.